The van der Waals surface area contributed by atoms with Gasteiger partial charge in [-0.05, 0) is 18.7 Å². The number of benzene rings is 2. The highest BCUT2D eigenvalue weighted by molar-refractivity contribution is 6.23. The van der Waals surface area contributed by atoms with E-state index in [-0.39, 0.29) is 11.7 Å². The van der Waals surface area contributed by atoms with Crippen LogP contribution in [0.5, 0.6) is 0 Å². The Morgan fingerprint density at radius 3 is 2.41 bits per heavy atom. The number of hydrogen-bond donors (Lipinski definition) is 1. The molecule has 29 heavy (non-hydrogen) atoms. The van der Waals surface area contributed by atoms with E-state index < -0.39 is 0 Å². The number of fused-ring (bicyclic) bond motifs is 3. The van der Waals surface area contributed by atoms with Crippen LogP contribution in [0.2, 0.25) is 0 Å². The number of piperazine rings is 1. The molecular formula is C23H23N5O. The van der Waals surface area contributed by atoms with E-state index in [9.17, 15) is 4.79 Å². The SMILES string of the molecule is CN1CCN(Cc2ccc3c(c2)-c2nc(N)nc(-c4ccccc4)c2C3=O)CC1. The number of carbonyl (C=O) groups is 1. The summed E-state index contributed by atoms with van der Waals surface area (Å²) in [5.41, 5.74) is 11.4. The molecule has 0 amide bonds. The Bertz CT molecular complexity index is 1090. The number of ketones is 1. The largest absolute Gasteiger partial charge is 0.368 e. The average molecular weight is 385 g/mol. The number of rotatable bonds is 3. The molecule has 1 fully saturated rings. The van der Waals surface area contributed by atoms with Gasteiger partial charge in [-0.2, -0.15) is 0 Å². The van der Waals surface area contributed by atoms with Crippen LogP contribution < -0.4 is 5.73 Å². The van der Waals surface area contributed by atoms with E-state index in [4.69, 9.17) is 5.73 Å². The van der Waals surface area contributed by atoms with Crippen LogP contribution in [0, 0.1) is 0 Å². The predicted molar refractivity (Wildman–Crippen MR) is 114 cm³/mol. The molecular weight excluding hydrogens is 362 g/mol. The molecule has 1 aliphatic carbocycles. The molecule has 6 nitrogen and oxygen atoms in total. The van der Waals surface area contributed by atoms with Crippen molar-refractivity contribution in [1.29, 1.82) is 0 Å². The number of likely N-dealkylation sites (N-methyl/N-ethyl adjacent to an activating group) is 1. The van der Waals surface area contributed by atoms with Crippen molar-refractivity contribution in [2.24, 2.45) is 0 Å². The van der Waals surface area contributed by atoms with Crippen molar-refractivity contribution in [2.45, 2.75) is 6.54 Å². The third kappa shape index (κ3) is 3.20. The van der Waals surface area contributed by atoms with E-state index in [0.717, 1.165) is 43.9 Å². The minimum absolute atomic E-state index is 0.0278. The molecule has 0 radical (unpaired) electrons. The quantitative estimate of drug-likeness (QED) is 0.584. The van der Waals surface area contributed by atoms with Gasteiger partial charge in [0.05, 0.1) is 17.0 Å². The van der Waals surface area contributed by atoms with Crippen LogP contribution in [0.25, 0.3) is 22.5 Å². The summed E-state index contributed by atoms with van der Waals surface area (Å²) >= 11 is 0. The van der Waals surface area contributed by atoms with Gasteiger partial charge < -0.3 is 10.6 Å². The second-order valence-electron chi connectivity index (χ2n) is 7.81. The number of hydrogen-bond acceptors (Lipinski definition) is 6. The standard InChI is InChI=1S/C23H23N5O/c1-27-9-11-28(12-10-27)14-15-7-8-17-18(13-15)21-19(22(17)29)20(25-23(24)26-21)16-5-3-2-4-6-16/h2-8,13H,9-12,14H2,1H3,(H2,24,25,26). The minimum Gasteiger partial charge on any atom is -0.368 e. The molecule has 2 aromatic carbocycles. The monoisotopic (exact) mass is 385 g/mol. The first-order chi connectivity index (χ1) is 14.1. The summed E-state index contributed by atoms with van der Waals surface area (Å²) in [6, 6.07) is 15.8. The normalized spacial score (nSPS) is 16.7. The van der Waals surface area contributed by atoms with Gasteiger partial charge in [0.1, 0.15) is 0 Å². The van der Waals surface area contributed by atoms with Gasteiger partial charge in [-0.25, -0.2) is 9.97 Å². The third-order valence-corrected chi connectivity index (χ3v) is 5.79. The lowest BCUT2D eigenvalue weighted by Gasteiger charge is -2.32. The fraction of sp³-hybridized carbons (Fsp3) is 0.261. The number of nitrogen functional groups attached to an aromatic ring is 1. The lowest BCUT2D eigenvalue weighted by molar-refractivity contribution is 0.104. The first kappa shape index (κ1) is 18.0. The zero-order valence-corrected chi connectivity index (χ0v) is 16.4. The van der Waals surface area contributed by atoms with E-state index in [1.165, 1.54) is 5.56 Å². The highest BCUT2D eigenvalue weighted by Gasteiger charge is 2.32. The molecule has 0 spiro atoms. The van der Waals surface area contributed by atoms with Gasteiger partial charge in [-0.3, -0.25) is 9.69 Å². The van der Waals surface area contributed by atoms with Crippen molar-refractivity contribution < 1.29 is 4.79 Å². The number of anilines is 1. The maximum Gasteiger partial charge on any atom is 0.221 e. The molecule has 146 valence electrons. The van der Waals surface area contributed by atoms with Gasteiger partial charge in [0.15, 0.2) is 5.78 Å². The van der Waals surface area contributed by atoms with Gasteiger partial charge in [-0.15, -0.1) is 0 Å². The number of aromatic nitrogens is 2. The molecule has 1 aliphatic heterocycles. The lowest BCUT2D eigenvalue weighted by Crippen LogP contribution is -2.43. The van der Waals surface area contributed by atoms with Crippen LogP contribution in [0.1, 0.15) is 21.5 Å². The van der Waals surface area contributed by atoms with Crippen molar-refractivity contribution >= 4 is 11.7 Å². The molecule has 1 aromatic heterocycles. The fourth-order valence-corrected chi connectivity index (χ4v) is 4.18. The Morgan fingerprint density at radius 2 is 1.66 bits per heavy atom. The van der Waals surface area contributed by atoms with E-state index in [2.05, 4.69) is 38.9 Å². The number of carbonyl (C=O) groups excluding carboxylic acids is 1. The van der Waals surface area contributed by atoms with Crippen LogP contribution in [-0.4, -0.2) is 58.8 Å². The minimum atomic E-state index is -0.0278. The summed E-state index contributed by atoms with van der Waals surface area (Å²) in [7, 11) is 2.16. The molecule has 0 atom stereocenters. The second-order valence-corrected chi connectivity index (χ2v) is 7.81. The number of nitrogens with zero attached hydrogens (tertiary/aromatic N) is 4. The molecule has 0 unspecified atom stereocenters. The summed E-state index contributed by atoms with van der Waals surface area (Å²) in [5.74, 6) is 0.160. The Hall–Kier alpha value is -3.09. The Balaban J connectivity index is 1.55. The molecule has 1 saturated heterocycles. The summed E-state index contributed by atoms with van der Waals surface area (Å²) in [5, 5.41) is 0. The topological polar surface area (TPSA) is 75.3 Å². The van der Waals surface area contributed by atoms with Crippen molar-refractivity contribution in [1.82, 2.24) is 19.8 Å². The Labute approximate surface area is 170 Å². The van der Waals surface area contributed by atoms with E-state index in [1.54, 1.807) is 0 Å². The highest BCUT2D eigenvalue weighted by Crippen LogP contribution is 2.40. The summed E-state index contributed by atoms with van der Waals surface area (Å²) in [4.78, 5) is 26.8. The van der Waals surface area contributed by atoms with Crippen molar-refractivity contribution in [3.63, 3.8) is 0 Å². The first-order valence-electron chi connectivity index (χ1n) is 9.92. The summed E-state index contributed by atoms with van der Waals surface area (Å²) < 4.78 is 0. The fourth-order valence-electron chi connectivity index (χ4n) is 4.18. The molecule has 2 aliphatic rings. The Kier molecular flexibility index (Phi) is 4.38. The number of nitrogens with two attached hydrogens (primary N) is 1. The van der Waals surface area contributed by atoms with Crippen LogP contribution in [0.15, 0.2) is 48.5 Å². The molecule has 6 heteroatoms. The molecule has 2 N–H and O–H groups in total. The van der Waals surface area contributed by atoms with Gasteiger partial charge in [-0.1, -0.05) is 42.5 Å². The Morgan fingerprint density at radius 1 is 0.931 bits per heavy atom. The molecule has 5 rings (SSSR count). The average Bonchev–Trinajstić information content (AvgIpc) is 3.01. The van der Waals surface area contributed by atoms with Crippen molar-refractivity contribution in [3.05, 3.63) is 65.2 Å². The molecule has 0 bridgehead atoms. The zero-order chi connectivity index (χ0) is 20.0. The maximum atomic E-state index is 13.2. The molecule has 2 heterocycles. The smallest absolute Gasteiger partial charge is 0.221 e. The van der Waals surface area contributed by atoms with Crippen molar-refractivity contribution in [3.8, 4) is 22.5 Å². The molecule has 3 aromatic rings. The first-order valence-corrected chi connectivity index (χ1v) is 9.92. The van der Waals surface area contributed by atoms with Crippen LogP contribution in [0.4, 0.5) is 5.95 Å². The summed E-state index contributed by atoms with van der Waals surface area (Å²) in [6.07, 6.45) is 0. The van der Waals surface area contributed by atoms with Crippen LogP contribution in [-0.2, 0) is 6.54 Å². The van der Waals surface area contributed by atoms with E-state index in [1.807, 2.05) is 36.4 Å². The highest BCUT2D eigenvalue weighted by atomic mass is 16.1. The lowest BCUT2D eigenvalue weighted by atomic mass is 10.0. The van der Waals surface area contributed by atoms with E-state index in [0.29, 0.717) is 22.5 Å². The van der Waals surface area contributed by atoms with Crippen LogP contribution in [0.3, 0.4) is 0 Å². The maximum absolute atomic E-state index is 13.2. The second kappa shape index (κ2) is 7.06. The van der Waals surface area contributed by atoms with Crippen molar-refractivity contribution in [2.75, 3.05) is 39.0 Å². The molecule has 0 saturated carbocycles. The zero-order valence-electron chi connectivity index (χ0n) is 16.4. The van der Waals surface area contributed by atoms with Crippen LogP contribution >= 0.6 is 0 Å². The van der Waals surface area contributed by atoms with Gasteiger partial charge in [0.25, 0.3) is 0 Å². The van der Waals surface area contributed by atoms with Gasteiger partial charge >= 0.3 is 0 Å². The van der Waals surface area contributed by atoms with Gasteiger partial charge in [0.2, 0.25) is 5.95 Å². The van der Waals surface area contributed by atoms with E-state index >= 15 is 0 Å². The van der Waals surface area contributed by atoms with Gasteiger partial charge in [0, 0.05) is 49.4 Å². The summed E-state index contributed by atoms with van der Waals surface area (Å²) in [6.45, 7) is 5.14. The predicted octanol–water partition coefficient (Wildman–Crippen LogP) is 2.68. The third-order valence-electron chi connectivity index (χ3n) is 5.79.